The van der Waals surface area contributed by atoms with Crippen molar-refractivity contribution in [3.8, 4) is 0 Å². The van der Waals surface area contributed by atoms with E-state index in [9.17, 15) is 9.59 Å². The summed E-state index contributed by atoms with van der Waals surface area (Å²) in [4.78, 5) is 28.8. The Bertz CT molecular complexity index is 699. The van der Waals surface area contributed by atoms with Gasteiger partial charge in [-0.25, -0.2) is 4.99 Å². The molecule has 0 fully saturated rings. The predicted octanol–water partition coefficient (Wildman–Crippen LogP) is 2.18. The summed E-state index contributed by atoms with van der Waals surface area (Å²) < 4.78 is 0. The van der Waals surface area contributed by atoms with Gasteiger partial charge in [-0.2, -0.15) is 0 Å². The summed E-state index contributed by atoms with van der Waals surface area (Å²) in [6, 6.07) is 7.39. The van der Waals surface area contributed by atoms with Gasteiger partial charge < -0.3 is 21.3 Å². The third-order valence-electron chi connectivity index (χ3n) is 3.37. The molecule has 0 aliphatic rings. The van der Waals surface area contributed by atoms with E-state index in [2.05, 4.69) is 26.3 Å². The van der Waals surface area contributed by atoms with Crippen LogP contribution in [0.5, 0.6) is 0 Å². The van der Waals surface area contributed by atoms with Crippen LogP contribution in [-0.4, -0.2) is 41.9 Å². The van der Waals surface area contributed by atoms with Crippen LogP contribution >= 0.6 is 0 Å². The fraction of sp³-hybridized carbons (Fsp3) is 0.571. The Balaban J connectivity index is 2.75. The minimum absolute atomic E-state index is 0.0982. The fourth-order valence-electron chi connectivity index (χ4n) is 2.36. The van der Waals surface area contributed by atoms with Gasteiger partial charge in [-0.05, 0) is 66.2 Å². The van der Waals surface area contributed by atoms with Gasteiger partial charge >= 0.3 is 0 Å². The van der Waals surface area contributed by atoms with Crippen molar-refractivity contribution in [1.82, 2.24) is 21.3 Å². The molecule has 28 heavy (non-hydrogen) atoms. The lowest BCUT2D eigenvalue weighted by molar-refractivity contribution is -0.121. The van der Waals surface area contributed by atoms with Crippen molar-refractivity contribution < 1.29 is 9.59 Å². The van der Waals surface area contributed by atoms with Gasteiger partial charge in [0.15, 0.2) is 5.96 Å². The molecule has 1 aromatic rings. The Morgan fingerprint density at radius 2 is 1.61 bits per heavy atom. The number of nitrogens with one attached hydrogen (secondary N) is 4. The molecule has 7 nitrogen and oxygen atoms in total. The highest BCUT2D eigenvalue weighted by Gasteiger charge is 2.16. The molecule has 0 heterocycles. The van der Waals surface area contributed by atoms with E-state index in [1.165, 1.54) is 0 Å². The van der Waals surface area contributed by atoms with E-state index in [1.54, 1.807) is 6.07 Å². The molecular formula is C21H35N5O2. The van der Waals surface area contributed by atoms with Gasteiger partial charge in [0, 0.05) is 23.2 Å². The lowest BCUT2D eigenvalue weighted by atomic mass is 10.1. The molecule has 0 aliphatic carbocycles. The first-order chi connectivity index (χ1) is 12.9. The number of rotatable bonds is 6. The zero-order valence-electron chi connectivity index (χ0n) is 18.2. The van der Waals surface area contributed by atoms with Crippen molar-refractivity contribution in [2.45, 2.75) is 66.1 Å². The second-order valence-corrected chi connectivity index (χ2v) is 8.75. The first-order valence-electron chi connectivity index (χ1n) is 9.64. The summed E-state index contributed by atoms with van der Waals surface area (Å²) in [6.07, 6.45) is 0. The molecule has 2 amide bonds. The molecule has 0 atom stereocenters. The Labute approximate surface area is 168 Å². The highest BCUT2D eigenvalue weighted by Crippen LogP contribution is 2.09. The maximum absolute atomic E-state index is 12.3. The largest absolute Gasteiger partial charge is 0.357 e. The molecule has 0 aliphatic heterocycles. The monoisotopic (exact) mass is 389 g/mol. The number of aliphatic imine (C=N–C) groups is 1. The second-order valence-electron chi connectivity index (χ2n) is 8.75. The van der Waals surface area contributed by atoms with Crippen LogP contribution in [0.15, 0.2) is 29.3 Å². The number of carbonyl (C=O) groups is 2. The molecule has 0 aromatic heterocycles. The molecule has 0 saturated heterocycles. The molecule has 4 N–H and O–H groups in total. The van der Waals surface area contributed by atoms with Crippen molar-refractivity contribution in [2.75, 3.05) is 13.1 Å². The molecular weight excluding hydrogens is 354 g/mol. The van der Waals surface area contributed by atoms with Crippen LogP contribution in [0.25, 0.3) is 0 Å². The van der Waals surface area contributed by atoms with E-state index in [1.807, 2.05) is 66.7 Å². The van der Waals surface area contributed by atoms with Crippen molar-refractivity contribution in [3.05, 3.63) is 35.4 Å². The summed E-state index contributed by atoms with van der Waals surface area (Å²) in [5, 5.41) is 12.0. The zero-order chi connectivity index (χ0) is 21.4. The lowest BCUT2D eigenvalue weighted by Crippen LogP contribution is -2.48. The predicted molar refractivity (Wildman–Crippen MR) is 114 cm³/mol. The van der Waals surface area contributed by atoms with Crippen LogP contribution in [0.1, 0.15) is 64.4 Å². The van der Waals surface area contributed by atoms with Crippen molar-refractivity contribution in [1.29, 1.82) is 0 Å². The van der Waals surface area contributed by atoms with Crippen LogP contribution in [0, 0.1) is 0 Å². The standard InChI is InChI=1S/C21H35N5O2/c1-8-22-19(24-14-17(27)25-20(2,3)4)23-13-15-10-9-11-16(12-15)18(28)26-21(5,6)7/h9-12H,8,13-14H2,1-7H3,(H,25,27)(H,26,28)(H2,22,23,24). The summed E-state index contributed by atoms with van der Waals surface area (Å²) in [5.41, 5.74) is 0.951. The molecule has 1 aromatic carbocycles. The van der Waals surface area contributed by atoms with Crippen LogP contribution in [0.3, 0.4) is 0 Å². The summed E-state index contributed by atoms with van der Waals surface area (Å²) in [7, 11) is 0. The van der Waals surface area contributed by atoms with E-state index < -0.39 is 0 Å². The third-order valence-corrected chi connectivity index (χ3v) is 3.37. The van der Waals surface area contributed by atoms with Crippen molar-refractivity contribution in [3.63, 3.8) is 0 Å². The smallest absolute Gasteiger partial charge is 0.251 e. The maximum Gasteiger partial charge on any atom is 0.251 e. The number of carbonyl (C=O) groups excluding carboxylic acids is 2. The Morgan fingerprint density at radius 3 is 2.18 bits per heavy atom. The third kappa shape index (κ3) is 9.94. The zero-order valence-corrected chi connectivity index (χ0v) is 18.2. The maximum atomic E-state index is 12.3. The fourth-order valence-corrected chi connectivity index (χ4v) is 2.36. The van der Waals surface area contributed by atoms with Crippen LogP contribution in [0.4, 0.5) is 0 Å². The van der Waals surface area contributed by atoms with Gasteiger partial charge in [0.25, 0.3) is 5.91 Å². The Morgan fingerprint density at radius 1 is 0.964 bits per heavy atom. The SMILES string of the molecule is CCNC(=NCc1cccc(C(=O)NC(C)(C)C)c1)NCC(=O)NC(C)(C)C. The normalized spacial score (nSPS) is 12.3. The van der Waals surface area contributed by atoms with E-state index in [0.717, 1.165) is 5.56 Å². The van der Waals surface area contributed by atoms with Gasteiger partial charge in [-0.15, -0.1) is 0 Å². The summed E-state index contributed by atoms with van der Waals surface area (Å²) in [5.74, 6) is 0.345. The van der Waals surface area contributed by atoms with Gasteiger partial charge in [0.05, 0.1) is 13.1 Å². The van der Waals surface area contributed by atoms with Crippen LogP contribution in [0.2, 0.25) is 0 Å². The number of hydrogen-bond donors (Lipinski definition) is 4. The summed E-state index contributed by atoms with van der Waals surface area (Å²) in [6.45, 7) is 14.8. The molecule has 0 spiro atoms. The minimum Gasteiger partial charge on any atom is -0.357 e. The Kier molecular flexibility index (Phi) is 8.47. The lowest BCUT2D eigenvalue weighted by Gasteiger charge is -2.21. The molecule has 0 saturated carbocycles. The van der Waals surface area contributed by atoms with E-state index >= 15 is 0 Å². The van der Waals surface area contributed by atoms with E-state index in [4.69, 9.17) is 0 Å². The number of nitrogens with zero attached hydrogens (tertiary/aromatic N) is 1. The second kappa shape index (κ2) is 10.1. The topological polar surface area (TPSA) is 94.6 Å². The minimum atomic E-state index is -0.291. The first kappa shape index (κ1) is 23.5. The highest BCUT2D eigenvalue weighted by atomic mass is 16.2. The number of hydrogen-bond acceptors (Lipinski definition) is 3. The average molecular weight is 390 g/mol. The van der Waals surface area contributed by atoms with Crippen LogP contribution < -0.4 is 21.3 Å². The molecule has 0 bridgehead atoms. The molecule has 0 unspecified atom stereocenters. The van der Waals surface area contributed by atoms with Gasteiger partial charge in [-0.1, -0.05) is 12.1 Å². The van der Waals surface area contributed by atoms with Gasteiger partial charge in [0.2, 0.25) is 5.91 Å². The summed E-state index contributed by atoms with van der Waals surface area (Å²) >= 11 is 0. The first-order valence-corrected chi connectivity index (χ1v) is 9.64. The molecule has 156 valence electrons. The quantitative estimate of drug-likeness (QED) is 0.443. The molecule has 7 heteroatoms. The van der Waals surface area contributed by atoms with Crippen molar-refractivity contribution >= 4 is 17.8 Å². The highest BCUT2D eigenvalue weighted by molar-refractivity contribution is 5.94. The number of benzene rings is 1. The molecule has 1 rings (SSSR count). The van der Waals surface area contributed by atoms with E-state index in [-0.39, 0.29) is 29.4 Å². The molecule has 0 radical (unpaired) electrons. The number of guanidine groups is 1. The Hall–Kier alpha value is -2.57. The number of amides is 2. The van der Waals surface area contributed by atoms with Gasteiger partial charge in [0.1, 0.15) is 0 Å². The van der Waals surface area contributed by atoms with Crippen LogP contribution in [-0.2, 0) is 11.3 Å². The average Bonchev–Trinajstić information content (AvgIpc) is 2.54. The van der Waals surface area contributed by atoms with E-state index in [0.29, 0.717) is 24.6 Å². The van der Waals surface area contributed by atoms with Gasteiger partial charge in [-0.3, -0.25) is 9.59 Å². The van der Waals surface area contributed by atoms with Crippen molar-refractivity contribution in [2.24, 2.45) is 4.99 Å².